The summed E-state index contributed by atoms with van der Waals surface area (Å²) in [5.41, 5.74) is 0.540. The van der Waals surface area contributed by atoms with Gasteiger partial charge >= 0.3 is 0 Å². The molecule has 1 amide bonds. The van der Waals surface area contributed by atoms with Gasteiger partial charge in [-0.3, -0.25) is 10.1 Å². The molecule has 0 heterocycles. The van der Waals surface area contributed by atoms with E-state index in [1.165, 1.54) is 6.42 Å². The monoisotopic (exact) mass is 411 g/mol. The summed E-state index contributed by atoms with van der Waals surface area (Å²) in [5.74, 6) is 3.18. The summed E-state index contributed by atoms with van der Waals surface area (Å²) >= 11 is 0. The van der Waals surface area contributed by atoms with Crippen molar-refractivity contribution in [3.63, 3.8) is 0 Å². The van der Waals surface area contributed by atoms with E-state index < -0.39 is 6.10 Å². The first kappa shape index (κ1) is 23.7. The average molecular weight is 412 g/mol. The van der Waals surface area contributed by atoms with E-state index in [-0.39, 0.29) is 18.1 Å². The number of terminal acetylenes is 1. The van der Waals surface area contributed by atoms with Gasteiger partial charge in [0.1, 0.15) is 24.5 Å². The molecule has 0 radical (unpaired) electrons. The molecule has 1 fully saturated rings. The number of benzene rings is 1. The molecule has 0 bridgehead atoms. The van der Waals surface area contributed by atoms with E-state index in [4.69, 9.17) is 11.2 Å². The highest BCUT2D eigenvalue weighted by molar-refractivity contribution is 5.91. The Kier molecular flexibility index (Phi) is 9.67. The number of amides is 1. The Morgan fingerprint density at radius 3 is 2.77 bits per heavy atom. The number of β-amino-alcohol motifs (C(OH)–C–C–N with tert-alkyl or cyclic N) is 1. The second-order valence-electron chi connectivity index (χ2n) is 7.96. The van der Waals surface area contributed by atoms with Gasteiger partial charge in [-0.2, -0.15) is 5.26 Å². The van der Waals surface area contributed by atoms with Crippen molar-refractivity contribution in [3.8, 4) is 24.2 Å². The van der Waals surface area contributed by atoms with Crippen LogP contribution in [0.3, 0.4) is 0 Å². The van der Waals surface area contributed by atoms with Gasteiger partial charge in [-0.1, -0.05) is 44.9 Å². The van der Waals surface area contributed by atoms with Crippen LogP contribution in [-0.4, -0.2) is 35.8 Å². The first-order valence-electron chi connectivity index (χ1n) is 10.9. The van der Waals surface area contributed by atoms with Crippen LogP contribution < -0.4 is 15.4 Å². The molecule has 30 heavy (non-hydrogen) atoms. The number of anilines is 1. The van der Waals surface area contributed by atoms with E-state index >= 15 is 0 Å². The van der Waals surface area contributed by atoms with Gasteiger partial charge in [-0.25, -0.2) is 0 Å². The fourth-order valence-electron chi connectivity index (χ4n) is 3.67. The zero-order chi connectivity index (χ0) is 21.8. The maximum absolute atomic E-state index is 12.0. The Bertz CT molecular complexity index is 773. The average Bonchev–Trinajstić information content (AvgIpc) is 2.77. The van der Waals surface area contributed by atoms with Crippen molar-refractivity contribution in [3.05, 3.63) is 23.8 Å². The fraction of sp³-hybridized carbons (Fsp3) is 0.583. The number of hydrogen-bond donors (Lipinski definition) is 3. The highest BCUT2D eigenvalue weighted by atomic mass is 16.5. The SMILES string of the molecule is C#CC1(NCC(O)COc2ccc(NC(=O)CCCCC)cc2C#N)CCCCC1. The highest BCUT2D eigenvalue weighted by Gasteiger charge is 2.29. The maximum atomic E-state index is 12.0. The number of aliphatic hydroxyl groups is 1. The number of ether oxygens (including phenoxy) is 1. The summed E-state index contributed by atoms with van der Waals surface area (Å²) in [7, 11) is 0. The van der Waals surface area contributed by atoms with E-state index in [2.05, 4.69) is 29.5 Å². The molecule has 1 aromatic carbocycles. The summed E-state index contributed by atoms with van der Waals surface area (Å²) in [5, 5.41) is 25.8. The molecule has 0 aromatic heterocycles. The van der Waals surface area contributed by atoms with Crippen LogP contribution in [0.25, 0.3) is 0 Å². The molecule has 3 N–H and O–H groups in total. The molecule has 1 aromatic rings. The summed E-state index contributed by atoms with van der Waals surface area (Å²) in [6.07, 6.45) is 13.6. The summed E-state index contributed by atoms with van der Waals surface area (Å²) < 4.78 is 5.66. The molecule has 1 unspecified atom stereocenters. The Balaban J connectivity index is 1.85. The van der Waals surface area contributed by atoms with Gasteiger partial charge in [0.05, 0.1) is 11.1 Å². The Hall–Kier alpha value is -2.54. The van der Waals surface area contributed by atoms with Gasteiger partial charge in [0.25, 0.3) is 0 Å². The number of carbonyl (C=O) groups is 1. The predicted molar refractivity (Wildman–Crippen MR) is 118 cm³/mol. The molecule has 1 saturated carbocycles. The predicted octanol–water partition coefficient (Wildman–Crippen LogP) is 3.74. The first-order chi connectivity index (χ1) is 14.5. The molecule has 6 nitrogen and oxygen atoms in total. The Labute approximate surface area is 180 Å². The third kappa shape index (κ3) is 7.37. The number of unbranched alkanes of at least 4 members (excludes halogenated alkanes) is 2. The lowest BCUT2D eigenvalue weighted by Gasteiger charge is -2.34. The third-order valence-corrected chi connectivity index (χ3v) is 5.48. The van der Waals surface area contributed by atoms with Gasteiger partial charge in [-0.05, 0) is 37.5 Å². The molecule has 0 saturated heterocycles. The lowest BCUT2D eigenvalue weighted by Crippen LogP contribution is -2.49. The van der Waals surface area contributed by atoms with Gasteiger partial charge in [0, 0.05) is 18.7 Å². The molecule has 2 rings (SSSR count). The first-order valence-corrected chi connectivity index (χ1v) is 10.9. The largest absolute Gasteiger partial charge is 0.489 e. The number of rotatable bonds is 11. The number of hydrogen-bond acceptors (Lipinski definition) is 5. The smallest absolute Gasteiger partial charge is 0.224 e. The highest BCUT2D eigenvalue weighted by Crippen LogP contribution is 2.27. The maximum Gasteiger partial charge on any atom is 0.224 e. The molecule has 1 atom stereocenters. The molecular formula is C24H33N3O3. The van der Waals surface area contributed by atoms with E-state index in [1.807, 2.05) is 0 Å². The third-order valence-electron chi connectivity index (χ3n) is 5.48. The standard InChI is InChI=1S/C24H33N3O3/c1-3-5-7-10-23(29)27-20-11-12-22(19(15-20)16-25)30-18-21(28)17-26-24(4-2)13-8-6-9-14-24/h2,11-12,15,21,26,28H,3,5-10,13-14,17-18H2,1H3,(H,27,29). The molecule has 1 aliphatic carbocycles. The van der Waals surface area contributed by atoms with Crippen molar-refractivity contribution in [1.29, 1.82) is 5.26 Å². The van der Waals surface area contributed by atoms with Crippen LogP contribution in [-0.2, 0) is 4.79 Å². The van der Waals surface area contributed by atoms with Crippen molar-refractivity contribution in [2.75, 3.05) is 18.5 Å². The quantitative estimate of drug-likeness (QED) is 0.381. The molecule has 0 aliphatic heterocycles. The van der Waals surface area contributed by atoms with Crippen molar-refractivity contribution in [2.24, 2.45) is 0 Å². The second kappa shape index (κ2) is 12.2. The number of nitrogens with zero attached hydrogens (tertiary/aromatic N) is 1. The molecule has 162 valence electrons. The molecular weight excluding hydrogens is 378 g/mol. The van der Waals surface area contributed by atoms with E-state index in [0.717, 1.165) is 44.9 Å². The summed E-state index contributed by atoms with van der Waals surface area (Å²) in [6, 6.07) is 7.02. The van der Waals surface area contributed by atoms with E-state index in [0.29, 0.717) is 30.0 Å². The van der Waals surface area contributed by atoms with Crippen LogP contribution in [0.2, 0.25) is 0 Å². The fourth-order valence-corrected chi connectivity index (χ4v) is 3.67. The number of aliphatic hydroxyl groups excluding tert-OH is 1. The van der Waals surface area contributed by atoms with E-state index in [1.54, 1.807) is 18.2 Å². The van der Waals surface area contributed by atoms with Crippen LogP contribution in [0, 0.1) is 23.7 Å². The summed E-state index contributed by atoms with van der Waals surface area (Å²) in [6.45, 7) is 2.47. The van der Waals surface area contributed by atoms with Crippen molar-refractivity contribution in [1.82, 2.24) is 5.32 Å². The van der Waals surface area contributed by atoms with Crippen molar-refractivity contribution < 1.29 is 14.6 Å². The van der Waals surface area contributed by atoms with Gasteiger partial charge in [-0.15, -0.1) is 6.42 Å². The van der Waals surface area contributed by atoms with Crippen LogP contribution in [0.1, 0.15) is 70.3 Å². The number of nitriles is 1. The van der Waals surface area contributed by atoms with Gasteiger partial charge < -0.3 is 15.2 Å². The second-order valence-corrected chi connectivity index (χ2v) is 7.96. The molecule has 6 heteroatoms. The zero-order valence-corrected chi connectivity index (χ0v) is 17.9. The normalized spacial score (nSPS) is 16.1. The Morgan fingerprint density at radius 1 is 1.33 bits per heavy atom. The van der Waals surface area contributed by atoms with Crippen LogP contribution in [0.4, 0.5) is 5.69 Å². The lowest BCUT2D eigenvalue weighted by atomic mass is 9.82. The van der Waals surface area contributed by atoms with Crippen LogP contribution in [0.5, 0.6) is 5.75 Å². The molecule has 0 spiro atoms. The minimum Gasteiger partial charge on any atom is -0.489 e. The lowest BCUT2D eigenvalue weighted by molar-refractivity contribution is -0.116. The summed E-state index contributed by atoms with van der Waals surface area (Å²) in [4.78, 5) is 12.0. The number of nitrogens with one attached hydrogen (secondary N) is 2. The Morgan fingerprint density at radius 2 is 2.10 bits per heavy atom. The van der Waals surface area contributed by atoms with E-state index in [9.17, 15) is 15.2 Å². The van der Waals surface area contributed by atoms with Crippen LogP contribution >= 0.6 is 0 Å². The minimum absolute atomic E-state index is 0.0467. The molecule has 1 aliphatic rings. The zero-order valence-electron chi connectivity index (χ0n) is 17.9. The van der Waals surface area contributed by atoms with Crippen molar-refractivity contribution in [2.45, 2.75) is 76.4 Å². The minimum atomic E-state index is -0.748. The van der Waals surface area contributed by atoms with Crippen molar-refractivity contribution >= 4 is 11.6 Å². The number of carbonyl (C=O) groups excluding carboxylic acids is 1. The van der Waals surface area contributed by atoms with Gasteiger partial charge in [0.2, 0.25) is 5.91 Å². The van der Waals surface area contributed by atoms with Gasteiger partial charge in [0.15, 0.2) is 0 Å². The topological polar surface area (TPSA) is 94.4 Å². The van der Waals surface area contributed by atoms with Crippen LogP contribution in [0.15, 0.2) is 18.2 Å².